The molecule has 0 aliphatic carbocycles. The van der Waals surface area contributed by atoms with E-state index in [0.717, 1.165) is 16.8 Å². The van der Waals surface area contributed by atoms with Gasteiger partial charge in [-0.15, -0.1) is 0 Å². The lowest BCUT2D eigenvalue weighted by atomic mass is 10.2. The molecule has 0 radical (unpaired) electrons. The van der Waals surface area contributed by atoms with E-state index in [2.05, 4.69) is 10.1 Å². The average molecular weight is 332 g/mol. The molecule has 3 aromatic rings. The Morgan fingerprint density at radius 1 is 1.16 bits per heavy atom. The third-order valence-corrected chi connectivity index (χ3v) is 3.86. The van der Waals surface area contributed by atoms with E-state index < -0.39 is 0 Å². The second-order valence-electron chi connectivity index (χ2n) is 5.59. The standard InChI is InChI=1S/C20H20N4O/c1-2-23(15-17-10-12-21-13-11-17)20(25)9-8-18-14-22-24(16-18)19-6-4-3-5-7-19/h3-14,16H,2,15H2,1H3/b9-8+. The molecule has 3 rings (SSSR count). The lowest BCUT2D eigenvalue weighted by molar-refractivity contribution is -0.126. The van der Waals surface area contributed by atoms with Gasteiger partial charge >= 0.3 is 0 Å². The molecule has 0 bridgehead atoms. The van der Waals surface area contributed by atoms with Crippen molar-refractivity contribution in [2.45, 2.75) is 13.5 Å². The Morgan fingerprint density at radius 3 is 2.64 bits per heavy atom. The molecule has 0 aliphatic heterocycles. The zero-order chi connectivity index (χ0) is 17.5. The molecule has 0 fully saturated rings. The minimum atomic E-state index is -0.0215. The average Bonchev–Trinajstić information content (AvgIpc) is 3.15. The Morgan fingerprint density at radius 2 is 1.92 bits per heavy atom. The fraction of sp³-hybridized carbons (Fsp3) is 0.150. The zero-order valence-electron chi connectivity index (χ0n) is 14.1. The highest BCUT2D eigenvalue weighted by molar-refractivity contribution is 5.91. The number of aromatic nitrogens is 3. The molecule has 5 heteroatoms. The van der Waals surface area contributed by atoms with Gasteiger partial charge in [0.05, 0.1) is 11.9 Å². The molecule has 1 amide bonds. The van der Waals surface area contributed by atoms with E-state index in [1.54, 1.807) is 40.3 Å². The van der Waals surface area contributed by atoms with Gasteiger partial charge in [0.25, 0.3) is 0 Å². The van der Waals surface area contributed by atoms with Crippen LogP contribution in [-0.2, 0) is 11.3 Å². The van der Waals surface area contributed by atoms with Crippen molar-refractivity contribution in [3.8, 4) is 5.69 Å². The molecule has 0 unspecified atom stereocenters. The molecule has 0 saturated carbocycles. The quantitative estimate of drug-likeness (QED) is 0.651. The number of rotatable bonds is 6. The Balaban J connectivity index is 1.66. The maximum absolute atomic E-state index is 12.4. The Hall–Kier alpha value is -3.21. The predicted octanol–water partition coefficient (Wildman–Crippen LogP) is 3.33. The molecule has 0 spiro atoms. The van der Waals surface area contributed by atoms with Crippen LogP contribution in [0.5, 0.6) is 0 Å². The van der Waals surface area contributed by atoms with Gasteiger partial charge in [0.2, 0.25) is 5.91 Å². The van der Waals surface area contributed by atoms with Crippen molar-refractivity contribution in [1.29, 1.82) is 0 Å². The van der Waals surface area contributed by atoms with Crippen LogP contribution >= 0.6 is 0 Å². The van der Waals surface area contributed by atoms with E-state index in [0.29, 0.717) is 13.1 Å². The van der Waals surface area contributed by atoms with Crippen LogP contribution in [0.25, 0.3) is 11.8 Å². The van der Waals surface area contributed by atoms with Crippen molar-refractivity contribution in [1.82, 2.24) is 19.7 Å². The number of likely N-dealkylation sites (N-methyl/N-ethyl adjacent to an activating group) is 1. The largest absolute Gasteiger partial charge is 0.335 e. The lowest BCUT2D eigenvalue weighted by Gasteiger charge is -2.19. The van der Waals surface area contributed by atoms with Crippen molar-refractivity contribution in [3.05, 3.63) is 84.5 Å². The highest BCUT2D eigenvalue weighted by Crippen LogP contribution is 2.10. The van der Waals surface area contributed by atoms with Gasteiger partial charge in [0, 0.05) is 43.3 Å². The van der Waals surface area contributed by atoms with Crippen molar-refractivity contribution in [3.63, 3.8) is 0 Å². The Labute approximate surface area is 147 Å². The summed E-state index contributed by atoms with van der Waals surface area (Å²) in [6, 6.07) is 13.7. The number of hydrogen-bond donors (Lipinski definition) is 0. The number of hydrogen-bond acceptors (Lipinski definition) is 3. The van der Waals surface area contributed by atoms with Gasteiger partial charge < -0.3 is 4.90 Å². The summed E-state index contributed by atoms with van der Waals surface area (Å²) in [5.41, 5.74) is 2.94. The first-order valence-electron chi connectivity index (χ1n) is 8.22. The maximum Gasteiger partial charge on any atom is 0.246 e. The third-order valence-electron chi connectivity index (χ3n) is 3.86. The number of carbonyl (C=O) groups excluding carboxylic acids is 1. The smallest absolute Gasteiger partial charge is 0.246 e. The van der Waals surface area contributed by atoms with E-state index in [1.807, 2.05) is 55.6 Å². The van der Waals surface area contributed by atoms with Crippen LogP contribution in [-0.4, -0.2) is 32.1 Å². The molecule has 2 aromatic heterocycles. The first-order valence-corrected chi connectivity index (χ1v) is 8.22. The molecule has 1 aromatic carbocycles. The van der Waals surface area contributed by atoms with Crippen LogP contribution in [0.1, 0.15) is 18.1 Å². The molecule has 5 nitrogen and oxygen atoms in total. The van der Waals surface area contributed by atoms with Crippen LogP contribution in [0.15, 0.2) is 73.3 Å². The van der Waals surface area contributed by atoms with Gasteiger partial charge in [-0.2, -0.15) is 5.10 Å². The minimum Gasteiger partial charge on any atom is -0.335 e. The van der Waals surface area contributed by atoms with Crippen LogP contribution < -0.4 is 0 Å². The van der Waals surface area contributed by atoms with E-state index >= 15 is 0 Å². The van der Waals surface area contributed by atoms with E-state index in [1.165, 1.54) is 0 Å². The summed E-state index contributed by atoms with van der Waals surface area (Å²) in [7, 11) is 0. The number of carbonyl (C=O) groups is 1. The molecule has 2 heterocycles. The highest BCUT2D eigenvalue weighted by Gasteiger charge is 2.09. The SMILES string of the molecule is CCN(Cc1ccncc1)C(=O)/C=C/c1cnn(-c2ccccc2)c1. The zero-order valence-corrected chi connectivity index (χ0v) is 14.1. The van der Waals surface area contributed by atoms with Crippen LogP contribution in [0.2, 0.25) is 0 Å². The monoisotopic (exact) mass is 332 g/mol. The first kappa shape index (κ1) is 16.6. The summed E-state index contributed by atoms with van der Waals surface area (Å²) in [6.07, 6.45) is 10.5. The van der Waals surface area contributed by atoms with E-state index in [9.17, 15) is 4.79 Å². The minimum absolute atomic E-state index is 0.0215. The maximum atomic E-state index is 12.4. The van der Waals surface area contributed by atoms with Gasteiger partial charge in [0.1, 0.15) is 0 Å². The van der Waals surface area contributed by atoms with Crippen molar-refractivity contribution < 1.29 is 4.79 Å². The molecule has 25 heavy (non-hydrogen) atoms. The summed E-state index contributed by atoms with van der Waals surface area (Å²) in [6.45, 7) is 3.20. The summed E-state index contributed by atoms with van der Waals surface area (Å²) < 4.78 is 1.79. The molecule has 0 atom stereocenters. The highest BCUT2D eigenvalue weighted by atomic mass is 16.2. The normalized spacial score (nSPS) is 10.9. The van der Waals surface area contributed by atoms with Crippen molar-refractivity contribution >= 4 is 12.0 Å². The van der Waals surface area contributed by atoms with Crippen LogP contribution in [0, 0.1) is 0 Å². The number of amides is 1. The second-order valence-corrected chi connectivity index (χ2v) is 5.59. The summed E-state index contributed by atoms with van der Waals surface area (Å²) >= 11 is 0. The number of para-hydroxylation sites is 1. The molecule has 0 saturated heterocycles. The molecular weight excluding hydrogens is 312 g/mol. The van der Waals surface area contributed by atoms with Gasteiger partial charge in [-0.3, -0.25) is 9.78 Å². The van der Waals surface area contributed by atoms with Gasteiger partial charge in [-0.05, 0) is 42.8 Å². The van der Waals surface area contributed by atoms with Crippen LogP contribution in [0.3, 0.4) is 0 Å². The number of benzene rings is 1. The fourth-order valence-electron chi connectivity index (χ4n) is 2.47. The predicted molar refractivity (Wildman–Crippen MR) is 97.9 cm³/mol. The third kappa shape index (κ3) is 4.41. The molecule has 0 aliphatic rings. The van der Waals surface area contributed by atoms with E-state index in [-0.39, 0.29) is 5.91 Å². The molecular formula is C20H20N4O. The number of nitrogens with zero attached hydrogens (tertiary/aromatic N) is 4. The van der Waals surface area contributed by atoms with Crippen molar-refractivity contribution in [2.24, 2.45) is 0 Å². The Kier molecular flexibility index (Phi) is 5.36. The molecule has 126 valence electrons. The fourth-order valence-corrected chi connectivity index (χ4v) is 2.47. The lowest BCUT2D eigenvalue weighted by Crippen LogP contribution is -2.28. The molecule has 0 N–H and O–H groups in total. The second kappa shape index (κ2) is 8.06. The first-order chi connectivity index (χ1) is 12.3. The van der Waals surface area contributed by atoms with Crippen molar-refractivity contribution in [2.75, 3.05) is 6.54 Å². The van der Waals surface area contributed by atoms with E-state index in [4.69, 9.17) is 0 Å². The van der Waals surface area contributed by atoms with Crippen LogP contribution in [0.4, 0.5) is 0 Å². The summed E-state index contributed by atoms with van der Waals surface area (Å²) in [5, 5.41) is 4.33. The number of pyridine rings is 1. The van der Waals surface area contributed by atoms with Gasteiger partial charge in [-0.1, -0.05) is 18.2 Å². The Bertz CT molecular complexity index is 840. The summed E-state index contributed by atoms with van der Waals surface area (Å²) in [4.78, 5) is 18.2. The van der Waals surface area contributed by atoms with Gasteiger partial charge in [0.15, 0.2) is 0 Å². The topological polar surface area (TPSA) is 51.0 Å². The van der Waals surface area contributed by atoms with Gasteiger partial charge in [-0.25, -0.2) is 4.68 Å². The summed E-state index contributed by atoms with van der Waals surface area (Å²) in [5.74, 6) is -0.0215.